The zero-order chi connectivity index (χ0) is 23.9. The second-order valence-electron chi connectivity index (χ2n) is 8.03. The number of carbonyl (C=O) groups excluding carboxylic acids is 1. The largest absolute Gasteiger partial charge is 0.408 e. The van der Waals surface area contributed by atoms with Crippen LogP contribution in [0, 0.1) is 5.82 Å². The van der Waals surface area contributed by atoms with Gasteiger partial charge in [-0.1, -0.05) is 18.2 Å². The molecule has 1 unspecified atom stereocenters. The number of hydrogen-bond donors (Lipinski definition) is 1. The number of fused-ring (bicyclic) bond motifs is 1. The van der Waals surface area contributed by atoms with Crippen molar-refractivity contribution in [1.82, 2.24) is 9.62 Å². The normalized spacial score (nSPS) is 15.9. The molecule has 0 fully saturated rings. The third-order valence-electron chi connectivity index (χ3n) is 5.10. The summed E-state index contributed by atoms with van der Waals surface area (Å²) >= 11 is 0. The summed E-state index contributed by atoms with van der Waals surface area (Å²) in [5.41, 5.74) is -1.46. The molecule has 0 spiro atoms. The Morgan fingerprint density at radius 1 is 1.03 bits per heavy atom. The van der Waals surface area contributed by atoms with Gasteiger partial charge in [0.2, 0.25) is 10.0 Å². The van der Waals surface area contributed by atoms with Crippen molar-refractivity contribution in [3.63, 3.8) is 0 Å². The maximum absolute atomic E-state index is 14.0. The molecule has 0 radical (unpaired) electrons. The van der Waals surface area contributed by atoms with Gasteiger partial charge in [-0.25, -0.2) is 17.2 Å². The molecule has 1 N–H and O–H groups in total. The molecule has 2 aromatic carbocycles. The first-order chi connectivity index (χ1) is 14.7. The van der Waals surface area contributed by atoms with Crippen molar-refractivity contribution < 1.29 is 35.2 Å². The quantitative estimate of drug-likeness (QED) is 0.663. The van der Waals surface area contributed by atoms with Gasteiger partial charge in [0.15, 0.2) is 5.67 Å². The number of benzene rings is 2. The molecule has 1 aliphatic heterocycles. The Bertz CT molecular complexity index is 1110. The number of amides is 1. The summed E-state index contributed by atoms with van der Waals surface area (Å²) < 4.78 is 95.0. The van der Waals surface area contributed by atoms with Crippen LogP contribution >= 0.6 is 0 Å². The van der Waals surface area contributed by atoms with Gasteiger partial charge < -0.3 is 4.90 Å². The molecule has 3 rings (SSSR count). The van der Waals surface area contributed by atoms with E-state index in [0.717, 1.165) is 43.7 Å². The Morgan fingerprint density at radius 3 is 2.22 bits per heavy atom. The van der Waals surface area contributed by atoms with Gasteiger partial charge in [0.05, 0.1) is 4.90 Å². The fourth-order valence-electron chi connectivity index (χ4n) is 3.45. The van der Waals surface area contributed by atoms with Crippen molar-refractivity contribution >= 4 is 15.9 Å². The molecule has 5 nitrogen and oxygen atoms in total. The topological polar surface area (TPSA) is 66.5 Å². The van der Waals surface area contributed by atoms with Crippen LogP contribution in [0.1, 0.15) is 36.6 Å². The molecule has 0 saturated carbocycles. The molecule has 0 bridgehead atoms. The van der Waals surface area contributed by atoms with Gasteiger partial charge >= 0.3 is 6.18 Å². The van der Waals surface area contributed by atoms with Gasteiger partial charge in [-0.05, 0) is 61.2 Å². The van der Waals surface area contributed by atoms with Crippen LogP contribution in [0.2, 0.25) is 0 Å². The first-order valence-corrected chi connectivity index (χ1v) is 11.1. The predicted octanol–water partition coefficient (Wildman–Crippen LogP) is 4.04. The van der Waals surface area contributed by atoms with Crippen molar-refractivity contribution in [2.24, 2.45) is 0 Å². The molecule has 0 aromatic heterocycles. The number of sulfonamides is 1. The van der Waals surface area contributed by atoms with Gasteiger partial charge in [0.25, 0.3) is 5.91 Å². The average Bonchev–Trinajstić information content (AvgIpc) is 2.70. The van der Waals surface area contributed by atoms with Crippen LogP contribution in [0.5, 0.6) is 0 Å². The summed E-state index contributed by atoms with van der Waals surface area (Å²) in [6, 6.07) is 4.55. The zero-order valence-electron chi connectivity index (χ0n) is 17.2. The van der Waals surface area contributed by atoms with E-state index in [-0.39, 0.29) is 13.1 Å². The van der Waals surface area contributed by atoms with Crippen molar-refractivity contribution in [2.75, 3.05) is 6.54 Å². The lowest BCUT2D eigenvalue weighted by atomic mass is 9.98. The molecule has 174 valence electrons. The van der Waals surface area contributed by atoms with Crippen LogP contribution in [-0.4, -0.2) is 37.6 Å². The Morgan fingerprint density at radius 2 is 1.66 bits per heavy atom. The third kappa shape index (κ3) is 5.26. The Hall–Kier alpha value is -2.53. The van der Waals surface area contributed by atoms with E-state index in [0.29, 0.717) is 12.0 Å². The van der Waals surface area contributed by atoms with Gasteiger partial charge in [-0.15, -0.1) is 0 Å². The lowest BCUT2D eigenvalue weighted by Gasteiger charge is -2.32. The van der Waals surface area contributed by atoms with Crippen molar-refractivity contribution in [3.05, 3.63) is 65.0 Å². The molecule has 1 atom stereocenters. The van der Waals surface area contributed by atoms with Crippen molar-refractivity contribution in [1.29, 1.82) is 0 Å². The molecule has 2 aromatic rings. The molecule has 0 aliphatic carbocycles. The highest BCUT2D eigenvalue weighted by molar-refractivity contribution is 7.89. The van der Waals surface area contributed by atoms with E-state index in [1.54, 1.807) is 4.72 Å². The third-order valence-corrected chi connectivity index (χ3v) is 6.52. The fraction of sp³-hybridized carbons (Fsp3) is 0.381. The summed E-state index contributed by atoms with van der Waals surface area (Å²) in [5, 5.41) is 0. The van der Waals surface area contributed by atoms with E-state index in [1.165, 1.54) is 23.1 Å². The van der Waals surface area contributed by atoms with E-state index in [1.807, 2.05) is 0 Å². The standard InChI is InChI=1S/C21H21F5N2O3S/c1-20(2,23)19(29)28-10-9-13-5-8-17(11-15(13)12-28)32(30,31)27-18(21(24,25)26)14-3-6-16(22)7-4-14/h3-8,11,18,27H,9-10,12H2,1-2H3. The van der Waals surface area contributed by atoms with E-state index in [9.17, 15) is 35.2 Å². The molecule has 0 saturated heterocycles. The summed E-state index contributed by atoms with van der Waals surface area (Å²) in [5.74, 6) is -1.52. The van der Waals surface area contributed by atoms with Gasteiger partial charge in [-0.2, -0.15) is 17.9 Å². The Kier molecular flexibility index (Phi) is 6.36. The maximum atomic E-state index is 14.0. The Labute approximate surface area is 182 Å². The van der Waals surface area contributed by atoms with E-state index in [4.69, 9.17) is 0 Å². The lowest BCUT2D eigenvalue weighted by Crippen LogP contribution is -2.45. The smallest absolute Gasteiger partial charge is 0.335 e. The highest BCUT2D eigenvalue weighted by Gasteiger charge is 2.43. The van der Waals surface area contributed by atoms with E-state index in [2.05, 4.69) is 0 Å². The molecule has 11 heteroatoms. The SMILES string of the molecule is CC(C)(F)C(=O)N1CCc2ccc(S(=O)(=O)NC(c3ccc(F)cc3)C(F)(F)F)cc2C1. The summed E-state index contributed by atoms with van der Waals surface area (Å²) in [7, 11) is -4.64. The summed E-state index contributed by atoms with van der Waals surface area (Å²) in [6.45, 7) is 2.40. The minimum absolute atomic E-state index is 0.0640. The lowest BCUT2D eigenvalue weighted by molar-refractivity contribution is -0.153. The number of alkyl halides is 4. The molecule has 1 heterocycles. The van der Waals surface area contributed by atoms with Crippen LogP contribution in [0.25, 0.3) is 0 Å². The first-order valence-electron chi connectivity index (χ1n) is 9.63. The fourth-order valence-corrected chi connectivity index (χ4v) is 4.71. The minimum Gasteiger partial charge on any atom is -0.335 e. The average molecular weight is 476 g/mol. The van der Waals surface area contributed by atoms with E-state index < -0.39 is 50.1 Å². The molecular formula is C21H21F5N2O3S. The molecule has 1 aliphatic rings. The van der Waals surface area contributed by atoms with Crippen LogP contribution in [0.4, 0.5) is 22.0 Å². The maximum Gasteiger partial charge on any atom is 0.408 e. The predicted molar refractivity (Wildman–Crippen MR) is 106 cm³/mol. The summed E-state index contributed by atoms with van der Waals surface area (Å²) in [4.78, 5) is 13.0. The van der Waals surface area contributed by atoms with Crippen LogP contribution in [0.15, 0.2) is 47.4 Å². The van der Waals surface area contributed by atoms with Crippen LogP contribution in [-0.2, 0) is 27.8 Å². The van der Waals surface area contributed by atoms with Gasteiger partial charge in [0.1, 0.15) is 11.9 Å². The van der Waals surface area contributed by atoms with E-state index >= 15 is 0 Å². The highest BCUT2D eigenvalue weighted by Crippen LogP contribution is 2.34. The van der Waals surface area contributed by atoms with Gasteiger partial charge in [0, 0.05) is 13.1 Å². The number of hydrogen-bond acceptors (Lipinski definition) is 3. The van der Waals surface area contributed by atoms with Crippen LogP contribution in [0.3, 0.4) is 0 Å². The van der Waals surface area contributed by atoms with Crippen LogP contribution < -0.4 is 4.72 Å². The molecule has 1 amide bonds. The van der Waals surface area contributed by atoms with Crippen molar-refractivity contribution in [2.45, 2.75) is 49.6 Å². The Balaban J connectivity index is 1.90. The summed E-state index contributed by atoms with van der Waals surface area (Å²) in [6.07, 6.45) is -4.62. The highest BCUT2D eigenvalue weighted by atomic mass is 32.2. The second-order valence-corrected chi connectivity index (χ2v) is 9.74. The number of carbonyl (C=O) groups is 1. The monoisotopic (exact) mass is 476 g/mol. The second kappa shape index (κ2) is 8.43. The van der Waals surface area contributed by atoms with Crippen molar-refractivity contribution in [3.8, 4) is 0 Å². The minimum atomic E-state index is -4.98. The number of nitrogens with one attached hydrogen (secondary N) is 1. The zero-order valence-corrected chi connectivity index (χ0v) is 18.0. The molecular weight excluding hydrogens is 455 g/mol. The van der Waals surface area contributed by atoms with Gasteiger partial charge in [-0.3, -0.25) is 4.79 Å². The number of halogens is 5. The first kappa shape index (κ1) is 24.1. The molecule has 32 heavy (non-hydrogen) atoms. The number of rotatable bonds is 5. The number of nitrogens with zero attached hydrogens (tertiary/aromatic N) is 1.